The average Bonchev–Trinajstić information content (AvgIpc) is 3.05. The number of nitrogens with zero attached hydrogens (tertiary/aromatic N) is 2. The SMILES string of the molecule is O=C1CCc2cc(OCCn3ccc4c([N+](=O)[O-])cccc43)ccc2N1. The topological polar surface area (TPSA) is 86.4 Å². The van der Waals surface area contributed by atoms with Crippen LogP contribution in [-0.2, 0) is 17.8 Å². The predicted molar refractivity (Wildman–Crippen MR) is 97.5 cm³/mol. The lowest BCUT2D eigenvalue weighted by molar-refractivity contribution is -0.383. The van der Waals surface area contributed by atoms with Crippen LogP contribution in [0.3, 0.4) is 0 Å². The molecule has 0 aliphatic carbocycles. The Kier molecular flexibility index (Phi) is 4.04. The molecule has 3 aromatic rings. The van der Waals surface area contributed by atoms with Gasteiger partial charge in [0.25, 0.3) is 5.69 Å². The molecule has 2 heterocycles. The maximum absolute atomic E-state index is 11.4. The number of aromatic nitrogens is 1. The summed E-state index contributed by atoms with van der Waals surface area (Å²) >= 11 is 0. The van der Waals surface area contributed by atoms with E-state index in [0.29, 0.717) is 31.4 Å². The number of fused-ring (bicyclic) bond motifs is 2. The Balaban J connectivity index is 1.45. The van der Waals surface area contributed by atoms with Crippen molar-refractivity contribution in [2.45, 2.75) is 19.4 Å². The summed E-state index contributed by atoms with van der Waals surface area (Å²) in [4.78, 5) is 22.1. The Hall–Kier alpha value is -3.35. The maximum Gasteiger partial charge on any atom is 0.278 e. The van der Waals surface area contributed by atoms with Crippen LogP contribution in [-0.4, -0.2) is 22.0 Å². The van der Waals surface area contributed by atoms with Gasteiger partial charge >= 0.3 is 0 Å². The minimum Gasteiger partial charge on any atom is -0.492 e. The number of nitrogens with one attached hydrogen (secondary N) is 1. The van der Waals surface area contributed by atoms with Crippen LogP contribution in [0.15, 0.2) is 48.7 Å². The molecule has 1 N–H and O–H groups in total. The van der Waals surface area contributed by atoms with E-state index >= 15 is 0 Å². The standard InChI is InChI=1S/C19H17N3O4/c23-19-7-4-13-12-14(5-6-16(13)20-19)26-11-10-21-9-8-15-17(21)2-1-3-18(15)22(24)25/h1-3,5-6,8-9,12H,4,7,10-11H2,(H,20,23). The lowest BCUT2D eigenvalue weighted by atomic mass is 10.0. The van der Waals surface area contributed by atoms with Gasteiger partial charge in [0.1, 0.15) is 12.4 Å². The Labute approximate surface area is 149 Å². The zero-order valence-electron chi connectivity index (χ0n) is 14.0. The second kappa shape index (κ2) is 6.51. The Morgan fingerprint density at radius 1 is 1.19 bits per heavy atom. The second-order valence-corrected chi connectivity index (χ2v) is 6.19. The van der Waals surface area contributed by atoms with E-state index in [2.05, 4.69) is 5.32 Å². The monoisotopic (exact) mass is 351 g/mol. The number of ether oxygens (including phenoxy) is 1. The molecule has 0 atom stereocenters. The molecule has 26 heavy (non-hydrogen) atoms. The molecule has 1 aliphatic rings. The van der Waals surface area contributed by atoms with Crippen LogP contribution in [0, 0.1) is 10.1 Å². The van der Waals surface area contributed by atoms with Crippen molar-refractivity contribution in [2.75, 3.05) is 11.9 Å². The number of nitro benzene ring substituents is 1. The van der Waals surface area contributed by atoms with Crippen molar-refractivity contribution in [1.82, 2.24) is 4.57 Å². The summed E-state index contributed by atoms with van der Waals surface area (Å²) in [6.45, 7) is 1.02. The fourth-order valence-corrected chi connectivity index (χ4v) is 3.27. The Bertz CT molecular complexity index is 1010. The van der Waals surface area contributed by atoms with Gasteiger partial charge in [-0.1, -0.05) is 6.07 Å². The zero-order chi connectivity index (χ0) is 18.1. The zero-order valence-corrected chi connectivity index (χ0v) is 14.0. The second-order valence-electron chi connectivity index (χ2n) is 6.19. The summed E-state index contributed by atoms with van der Waals surface area (Å²) in [6.07, 6.45) is 3.04. The molecule has 0 spiro atoms. The van der Waals surface area contributed by atoms with Crippen molar-refractivity contribution in [1.29, 1.82) is 0 Å². The number of amides is 1. The molecule has 1 aliphatic heterocycles. The fraction of sp³-hybridized carbons (Fsp3) is 0.211. The minimum atomic E-state index is -0.366. The van der Waals surface area contributed by atoms with Crippen LogP contribution in [0.1, 0.15) is 12.0 Å². The van der Waals surface area contributed by atoms with Crippen molar-refractivity contribution in [3.63, 3.8) is 0 Å². The lowest BCUT2D eigenvalue weighted by Crippen LogP contribution is -2.18. The molecule has 2 aromatic carbocycles. The number of non-ortho nitro benzene ring substituents is 1. The van der Waals surface area contributed by atoms with Gasteiger partial charge in [-0.3, -0.25) is 14.9 Å². The summed E-state index contributed by atoms with van der Waals surface area (Å²) < 4.78 is 7.78. The molecule has 1 aromatic heterocycles. The first-order valence-electron chi connectivity index (χ1n) is 8.39. The predicted octanol–water partition coefficient (Wildman–Crippen LogP) is 3.51. The molecule has 0 bridgehead atoms. The van der Waals surface area contributed by atoms with Gasteiger partial charge in [-0.15, -0.1) is 0 Å². The third-order valence-corrected chi connectivity index (χ3v) is 4.56. The number of benzene rings is 2. The fourth-order valence-electron chi connectivity index (χ4n) is 3.27. The summed E-state index contributed by atoms with van der Waals surface area (Å²) in [5, 5.41) is 14.6. The van der Waals surface area contributed by atoms with E-state index < -0.39 is 0 Å². The Morgan fingerprint density at radius 2 is 2.08 bits per heavy atom. The molecule has 0 saturated heterocycles. The molecular formula is C19H17N3O4. The van der Waals surface area contributed by atoms with Crippen molar-refractivity contribution >= 4 is 28.2 Å². The van der Waals surface area contributed by atoms with Gasteiger partial charge in [-0.25, -0.2) is 0 Å². The van der Waals surface area contributed by atoms with E-state index in [1.807, 2.05) is 35.0 Å². The molecule has 7 nitrogen and oxygen atoms in total. The number of aryl methyl sites for hydroxylation is 1. The number of hydrogen-bond acceptors (Lipinski definition) is 4. The number of nitro groups is 1. The van der Waals surface area contributed by atoms with Crippen LogP contribution in [0.25, 0.3) is 10.9 Å². The number of carbonyl (C=O) groups is 1. The van der Waals surface area contributed by atoms with E-state index in [0.717, 1.165) is 22.5 Å². The summed E-state index contributed by atoms with van der Waals surface area (Å²) in [5.41, 5.74) is 2.84. The van der Waals surface area contributed by atoms with Crippen molar-refractivity contribution in [3.8, 4) is 5.75 Å². The summed E-state index contributed by atoms with van der Waals surface area (Å²) in [7, 11) is 0. The lowest BCUT2D eigenvalue weighted by Gasteiger charge is -2.17. The van der Waals surface area contributed by atoms with Crippen LogP contribution < -0.4 is 10.1 Å². The molecule has 4 rings (SSSR count). The first-order chi connectivity index (χ1) is 12.6. The molecule has 0 fully saturated rings. The highest BCUT2D eigenvalue weighted by Gasteiger charge is 2.16. The normalized spacial score (nSPS) is 13.3. The molecule has 7 heteroatoms. The molecule has 0 radical (unpaired) electrons. The van der Waals surface area contributed by atoms with Crippen LogP contribution in [0.5, 0.6) is 5.75 Å². The maximum atomic E-state index is 11.4. The molecule has 1 amide bonds. The van der Waals surface area contributed by atoms with Crippen molar-refractivity contribution in [2.24, 2.45) is 0 Å². The smallest absolute Gasteiger partial charge is 0.278 e. The van der Waals surface area contributed by atoms with E-state index in [1.165, 1.54) is 6.07 Å². The van der Waals surface area contributed by atoms with E-state index in [1.54, 1.807) is 12.1 Å². The number of carbonyl (C=O) groups excluding carboxylic acids is 1. The molecule has 132 valence electrons. The summed E-state index contributed by atoms with van der Waals surface area (Å²) in [5.74, 6) is 0.794. The molecule has 0 unspecified atom stereocenters. The van der Waals surface area contributed by atoms with E-state index in [4.69, 9.17) is 4.74 Å². The van der Waals surface area contributed by atoms with E-state index in [-0.39, 0.29) is 16.5 Å². The highest BCUT2D eigenvalue weighted by molar-refractivity contribution is 5.94. The van der Waals surface area contributed by atoms with Gasteiger partial charge < -0.3 is 14.6 Å². The minimum absolute atomic E-state index is 0.0414. The molecular weight excluding hydrogens is 334 g/mol. The molecule has 0 saturated carbocycles. The third-order valence-electron chi connectivity index (χ3n) is 4.56. The van der Waals surface area contributed by atoms with E-state index in [9.17, 15) is 14.9 Å². The van der Waals surface area contributed by atoms with Gasteiger partial charge in [0.2, 0.25) is 5.91 Å². The largest absolute Gasteiger partial charge is 0.492 e. The van der Waals surface area contributed by atoms with Gasteiger partial charge in [-0.2, -0.15) is 0 Å². The average molecular weight is 351 g/mol. The van der Waals surface area contributed by atoms with Crippen LogP contribution in [0.4, 0.5) is 11.4 Å². The number of anilines is 1. The first-order valence-corrected chi connectivity index (χ1v) is 8.39. The highest BCUT2D eigenvalue weighted by atomic mass is 16.6. The highest BCUT2D eigenvalue weighted by Crippen LogP contribution is 2.28. The van der Waals surface area contributed by atoms with Gasteiger partial charge in [-0.05, 0) is 42.3 Å². The number of hydrogen-bond donors (Lipinski definition) is 1. The van der Waals surface area contributed by atoms with Gasteiger partial charge in [0, 0.05) is 24.4 Å². The van der Waals surface area contributed by atoms with Gasteiger partial charge in [0.05, 0.1) is 22.4 Å². The van der Waals surface area contributed by atoms with Crippen molar-refractivity contribution < 1.29 is 14.5 Å². The van der Waals surface area contributed by atoms with Crippen molar-refractivity contribution in [3.05, 3.63) is 64.3 Å². The third kappa shape index (κ3) is 2.99. The quantitative estimate of drug-likeness (QED) is 0.563. The number of rotatable bonds is 5. The van der Waals surface area contributed by atoms with Gasteiger partial charge in [0.15, 0.2) is 0 Å². The summed E-state index contributed by atoms with van der Waals surface area (Å²) in [6, 6.07) is 12.5. The Morgan fingerprint density at radius 3 is 2.92 bits per heavy atom. The first kappa shape index (κ1) is 16.1. The van der Waals surface area contributed by atoms with Crippen LogP contribution >= 0.6 is 0 Å². The van der Waals surface area contributed by atoms with Crippen LogP contribution in [0.2, 0.25) is 0 Å².